The SMILES string of the molecule is CC(C)[C@H](NC(=O)OCc1ccccc1)C(=O)OCCCC(=O)OC(C)(C)C.CC(C)[C@H](NC(=O)OCc1ccccc1)C(=O)OCCCC(=O)OCCl. The molecule has 2 rings (SSSR count). The number of nitrogens with one attached hydrogen (secondary N) is 2. The van der Waals surface area contributed by atoms with Crippen LogP contribution in [0.3, 0.4) is 0 Å². The standard InChI is InChI=1S/C21H31NO6.C18H24ClNO6/c1-15(2)18(22-20(25)27-14-16-10-7-6-8-11-16)19(24)26-13-9-12-17(23)28-21(3,4)5;1-13(2)16(17(22)24-10-6-9-15(21)26-12-19)20-18(23)25-11-14-7-4-3-5-8-14/h6-8,10-11,15,18H,9,12-14H2,1-5H3,(H,22,25);3-5,7-8,13,16H,6,9-12H2,1-2H3,(H,20,23)/t18-;16-/m00/s1. The van der Waals surface area contributed by atoms with Crippen molar-refractivity contribution in [3.63, 3.8) is 0 Å². The summed E-state index contributed by atoms with van der Waals surface area (Å²) < 4.78 is 30.3. The quantitative estimate of drug-likeness (QED) is 0.0676. The van der Waals surface area contributed by atoms with Gasteiger partial charge in [-0.3, -0.25) is 9.59 Å². The van der Waals surface area contributed by atoms with Crippen LogP contribution in [0, 0.1) is 11.8 Å². The number of benzene rings is 2. The number of amides is 2. The van der Waals surface area contributed by atoms with Crippen molar-refractivity contribution >= 4 is 47.7 Å². The van der Waals surface area contributed by atoms with Crippen LogP contribution in [0.5, 0.6) is 0 Å². The van der Waals surface area contributed by atoms with Gasteiger partial charge in [0.15, 0.2) is 6.07 Å². The summed E-state index contributed by atoms with van der Waals surface area (Å²) in [6.07, 6.45) is -0.472. The van der Waals surface area contributed by atoms with Gasteiger partial charge in [-0.05, 0) is 56.6 Å². The van der Waals surface area contributed by atoms with Crippen molar-refractivity contribution in [3.8, 4) is 0 Å². The number of rotatable bonds is 19. The number of halogens is 1. The van der Waals surface area contributed by atoms with E-state index in [4.69, 9.17) is 35.3 Å². The Hall–Kier alpha value is -4.85. The van der Waals surface area contributed by atoms with Crippen LogP contribution in [0.2, 0.25) is 0 Å². The van der Waals surface area contributed by atoms with Gasteiger partial charge in [0, 0.05) is 12.8 Å². The molecule has 0 fully saturated rings. The molecule has 2 atom stereocenters. The summed E-state index contributed by atoms with van der Waals surface area (Å²) in [5, 5.41) is 5.05. The minimum absolute atomic E-state index is 0.0418. The van der Waals surface area contributed by atoms with Crippen molar-refractivity contribution in [3.05, 3.63) is 71.8 Å². The molecule has 0 aliphatic heterocycles. The van der Waals surface area contributed by atoms with Gasteiger partial charge in [0.2, 0.25) is 0 Å². The molecule has 15 heteroatoms. The third-order valence-corrected chi connectivity index (χ3v) is 7.10. The maximum Gasteiger partial charge on any atom is 0.408 e. The molecular weight excluding hydrogens is 724 g/mol. The van der Waals surface area contributed by atoms with E-state index in [-0.39, 0.29) is 63.1 Å². The number of esters is 4. The molecule has 2 aromatic carbocycles. The average molecular weight is 779 g/mol. The van der Waals surface area contributed by atoms with Crippen LogP contribution in [-0.4, -0.2) is 73.0 Å². The fourth-order valence-electron chi connectivity index (χ4n) is 4.26. The zero-order chi connectivity index (χ0) is 40.5. The highest BCUT2D eigenvalue weighted by molar-refractivity contribution is 6.17. The summed E-state index contributed by atoms with van der Waals surface area (Å²) in [5.41, 5.74) is 1.15. The Kier molecular flexibility index (Phi) is 22.7. The summed E-state index contributed by atoms with van der Waals surface area (Å²) in [5.74, 6) is -2.31. The van der Waals surface area contributed by atoms with E-state index in [1.54, 1.807) is 48.5 Å². The van der Waals surface area contributed by atoms with Gasteiger partial charge in [-0.15, -0.1) is 0 Å². The molecule has 0 aliphatic carbocycles. The Morgan fingerprint density at radius 2 is 0.981 bits per heavy atom. The van der Waals surface area contributed by atoms with Gasteiger partial charge < -0.3 is 39.1 Å². The fourth-order valence-corrected chi connectivity index (χ4v) is 4.38. The zero-order valence-electron chi connectivity index (χ0n) is 32.2. The summed E-state index contributed by atoms with van der Waals surface area (Å²) in [6, 6.07) is 16.6. The van der Waals surface area contributed by atoms with E-state index >= 15 is 0 Å². The first-order valence-corrected chi connectivity index (χ1v) is 18.3. The lowest BCUT2D eigenvalue weighted by Gasteiger charge is -2.21. The van der Waals surface area contributed by atoms with Crippen LogP contribution >= 0.6 is 11.6 Å². The van der Waals surface area contributed by atoms with Crippen LogP contribution in [0.15, 0.2) is 60.7 Å². The van der Waals surface area contributed by atoms with Crippen LogP contribution in [-0.2, 0) is 60.8 Å². The number of ether oxygens (including phenoxy) is 6. The van der Waals surface area contributed by atoms with Gasteiger partial charge in [0.25, 0.3) is 0 Å². The highest BCUT2D eigenvalue weighted by Crippen LogP contribution is 2.11. The predicted molar refractivity (Wildman–Crippen MR) is 200 cm³/mol. The number of alkyl carbamates (subject to hydrolysis) is 2. The van der Waals surface area contributed by atoms with Crippen molar-refractivity contribution in [1.82, 2.24) is 10.6 Å². The molecule has 14 nitrogen and oxygen atoms in total. The second kappa shape index (κ2) is 26.0. The molecule has 54 heavy (non-hydrogen) atoms. The number of alkyl halides is 1. The third-order valence-electron chi connectivity index (χ3n) is 6.99. The summed E-state index contributed by atoms with van der Waals surface area (Å²) in [7, 11) is 0. The largest absolute Gasteiger partial charge is 0.464 e. The van der Waals surface area contributed by atoms with Crippen molar-refractivity contribution in [2.75, 3.05) is 19.3 Å². The first-order valence-electron chi connectivity index (χ1n) is 17.7. The lowest BCUT2D eigenvalue weighted by Crippen LogP contribution is -2.45. The molecule has 0 spiro atoms. The van der Waals surface area contributed by atoms with Gasteiger partial charge >= 0.3 is 36.1 Å². The topological polar surface area (TPSA) is 182 Å². The number of hydrogen-bond acceptors (Lipinski definition) is 12. The number of carbonyl (C=O) groups is 6. The molecule has 0 aromatic heterocycles. The molecule has 0 bridgehead atoms. The maximum atomic E-state index is 12.3. The number of carbonyl (C=O) groups excluding carboxylic acids is 6. The minimum Gasteiger partial charge on any atom is -0.464 e. The van der Waals surface area contributed by atoms with Crippen LogP contribution in [0.25, 0.3) is 0 Å². The maximum absolute atomic E-state index is 12.3. The smallest absolute Gasteiger partial charge is 0.408 e. The van der Waals surface area contributed by atoms with E-state index in [2.05, 4.69) is 15.4 Å². The molecule has 0 unspecified atom stereocenters. The van der Waals surface area contributed by atoms with Crippen LogP contribution < -0.4 is 10.6 Å². The third kappa shape index (κ3) is 22.3. The van der Waals surface area contributed by atoms with Crippen molar-refractivity contribution < 1.29 is 57.2 Å². The molecular formula is C39H55ClN2O12. The second-order valence-electron chi connectivity index (χ2n) is 13.6. The Bertz CT molecular complexity index is 1430. The average Bonchev–Trinajstić information content (AvgIpc) is 3.11. The molecule has 0 heterocycles. The molecule has 300 valence electrons. The van der Waals surface area contributed by atoms with Crippen LogP contribution in [0.1, 0.15) is 85.3 Å². The van der Waals surface area contributed by atoms with E-state index in [0.29, 0.717) is 12.8 Å². The Morgan fingerprint density at radius 1 is 0.593 bits per heavy atom. The van der Waals surface area contributed by atoms with Gasteiger partial charge in [-0.25, -0.2) is 19.2 Å². The van der Waals surface area contributed by atoms with Gasteiger partial charge in [-0.2, -0.15) is 0 Å². The molecule has 2 aromatic rings. The molecule has 0 aliphatic rings. The second-order valence-corrected chi connectivity index (χ2v) is 13.8. The normalized spacial score (nSPS) is 11.9. The fraction of sp³-hybridized carbons (Fsp3) is 0.538. The van der Waals surface area contributed by atoms with Crippen molar-refractivity contribution in [1.29, 1.82) is 0 Å². The first kappa shape index (κ1) is 47.2. The van der Waals surface area contributed by atoms with E-state index in [1.165, 1.54) is 0 Å². The van der Waals surface area contributed by atoms with Gasteiger partial charge in [-0.1, -0.05) is 100.0 Å². The van der Waals surface area contributed by atoms with Crippen molar-refractivity contribution in [2.24, 2.45) is 11.8 Å². The van der Waals surface area contributed by atoms with Crippen molar-refractivity contribution in [2.45, 2.75) is 105 Å². The molecule has 2 N–H and O–H groups in total. The van der Waals surface area contributed by atoms with E-state index < -0.39 is 47.8 Å². The molecule has 2 amide bonds. The molecule has 0 radical (unpaired) electrons. The first-order chi connectivity index (χ1) is 25.5. The summed E-state index contributed by atoms with van der Waals surface area (Å²) in [6.45, 7) is 12.9. The zero-order valence-corrected chi connectivity index (χ0v) is 33.0. The number of hydrogen-bond donors (Lipinski definition) is 2. The predicted octanol–water partition coefficient (Wildman–Crippen LogP) is 6.60. The van der Waals surface area contributed by atoms with E-state index in [0.717, 1.165) is 11.1 Å². The molecule has 0 saturated carbocycles. The van der Waals surface area contributed by atoms with E-state index in [9.17, 15) is 28.8 Å². The Balaban J connectivity index is 0.000000541. The van der Waals surface area contributed by atoms with E-state index in [1.807, 2.05) is 60.7 Å². The Morgan fingerprint density at radius 3 is 1.33 bits per heavy atom. The highest BCUT2D eigenvalue weighted by atomic mass is 35.5. The lowest BCUT2D eigenvalue weighted by molar-refractivity contribution is -0.156. The minimum atomic E-state index is -0.840. The highest BCUT2D eigenvalue weighted by Gasteiger charge is 2.27. The monoisotopic (exact) mass is 778 g/mol. The lowest BCUT2D eigenvalue weighted by atomic mass is 10.1. The Labute approximate surface area is 322 Å². The van der Waals surface area contributed by atoms with Crippen LogP contribution in [0.4, 0.5) is 9.59 Å². The summed E-state index contributed by atoms with van der Waals surface area (Å²) >= 11 is 5.27. The summed E-state index contributed by atoms with van der Waals surface area (Å²) in [4.78, 5) is 71.1. The molecule has 0 saturated heterocycles. The van der Waals surface area contributed by atoms with Gasteiger partial charge in [0.1, 0.15) is 30.9 Å². The van der Waals surface area contributed by atoms with Gasteiger partial charge in [0.05, 0.1) is 13.2 Å².